The van der Waals surface area contributed by atoms with Crippen molar-refractivity contribution in [3.63, 3.8) is 0 Å². The standard InChI is InChI=1S/C13H20O4/c1-13(2,11(14)15)12(16)17-7-10-6-8-3-4-9(10)5-8/h8-10H,3-7H2,1-2H3,(H,14,15)/t8?,9-,10-/m1/s1. The minimum Gasteiger partial charge on any atom is -0.480 e. The van der Waals surface area contributed by atoms with Crippen LogP contribution in [0, 0.1) is 23.2 Å². The first-order valence-electron chi connectivity index (χ1n) is 6.32. The topological polar surface area (TPSA) is 63.6 Å². The van der Waals surface area contributed by atoms with Crippen molar-refractivity contribution in [2.45, 2.75) is 39.5 Å². The first-order chi connectivity index (χ1) is 7.91. The van der Waals surface area contributed by atoms with Crippen molar-refractivity contribution in [3.8, 4) is 0 Å². The molecule has 0 aromatic rings. The van der Waals surface area contributed by atoms with E-state index in [4.69, 9.17) is 9.84 Å². The summed E-state index contributed by atoms with van der Waals surface area (Å²) in [4.78, 5) is 22.6. The number of fused-ring (bicyclic) bond motifs is 2. The van der Waals surface area contributed by atoms with Gasteiger partial charge in [0.25, 0.3) is 0 Å². The van der Waals surface area contributed by atoms with Crippen LogP contribution in [0.3, 0.4) is 0 Å². The number of esters is 1. The average molecular weight is 240 g/mol. The van der Waals surface area contributed by atoms with Crippen molar-refractivity contribution in [2.75, 3.05) is 6.61 Å². The highest BCUT2D eigenvalue weighted by molar-refractivity contribution is 5.98. The second kappa shape index (κ2) is 4.31. The Balaban J connectivity index is 1.83. The van der Waals surface area contributed by atoms with Crippen molar-refractivity contribution in [3.05, 3.63) is 0 Å². The molecule has 96 valence electrons. The maximum atomic E-state index is 11.7. The molecule has 1 N–H and O–H groups in total. The minimum atomic E-state index is -1.43. The van der Waals surface area contributed by atoms with Crippen LogP contribution < -0.4 is 0 Å². The first kappa shape index (κ1) is 12.4. The van der Waals surface area contributed by atoms with Crippen LogP contribution in [0.25, 0.3) is 0 Å². The Morgan fingerprint density at radius 2 is 2.00 bits per heavy atom. The summed E-state index contributed by atoms with van der Waals surface area (Å²) in [5.41, 5.74) is -1.43. The van der Waals surface area contributed by atoms with Crippen LogP contribution in [0.5, 0.6) is 0 Å². The normalized spacial score (nSPS) is 31.5. The largest absolute Gasteiger partial charge is 0.480 e. The molecule has 17 heavy (non-hydrogen) atoms. The molecule has 2 fully saturated rings. The monoisotopic (exact) mass is 240 g/mol. The second-order valence-corrected chi connectivity index (χ2v) is 5.96. The Labute approximate surface area is 101 Å². The molecule has 4 heteroatoms. The van der Waals surface area contributed by atoms with E-state index in [1.807, 2.05) is 0 Å². The van der Waals surface area contributed by atoms with Crippen LogP contribution in [0.15, 0.2) is 0 Å². The fourth-order valence-corrected chi connectivity index (χ4v) is 3.03. The van der Waals surface area contributed by atoms with E-state index >= 15 is 0 Å². The maximum Gasteiger partial charge on any atom is 0.322 e. The number of hydrogen-bond acceptors (Lipinski definition) is 3. The van der Waals surface area contributed by atoms with Gasteiger partial charge in [-0.25, -0.2) is 0 Å². The minimum absolute atomic E-state index is 0.400. The van der Waals surface area contributed by atoms with Crippen molar-refractivity contribution < 1.29 is 19.4 Å². The van der Waals surface area contributed by atoms with E-state index in [9.17, 15) is 9.59 Å². The van der Waals surface area contributed by atoms with Crippen molar-refractivity contribution in [1.29, 1.82) is 0 Å². The zero-order valence-corrected chi connectivity index (χ0v) is 10.4. The number of ether oxygens (including phenoxy) is 1. The lowest BCUT2D eigenvalue weighted by Crippen LogP contribution is -2.36. The molecule has 0 spiro atoms. The van der Waals surface area contributed by atoms with Gasteiger partial charge in [0.1, 0.15) is 0 Å². The van der Waals surface area contributed by atoms with Gasteiger partial charge in [0.15, 0.2) is 5.41 Å². The third kappa shape index (κ3) is 2.31. The Hall–Kier alpha value is -1.06. The van der Waals surface area contributed by atoms with E-state index in [2.05, 4.69) is 0 Å². The van der Waals surface area contributed by atoms with Gasteiger partial charge in [-0.05, 0) is 50.9 Å². The summed E-state index contributed by atoms with van der Waals surface area (Å²) in [6.45, 7) is 3.17. The molecule has 0 amide bonds. The summed E-state index contributed by atoms with van der Waals surface area (Å²) < 4.78 is 5.18. The van der Waals surface area contributed by atoms with Crippen LogP contribution >= 0.6 is 0 Å². The number of aliphatic carboxylic acids is 1. The molecular weight excluding hydrogens is 220 g/mol. The molecule has 0 saturated heterocycles. The van der Waals surface area contributed by atoms with Crippen LogP contribution in [0.4, 0.5) is 0 Å². The number of carboxylic acids is 1. The second-order valence-electron chi connectivity index (χ2n) is 5.96. The molecule has 1 unspecified atom stereocenters. The quantitative estimate of drug-likeness (QED) is 0.603. The first-order valence-corrected chi connectivity index (χ1v) is 6.32. The summed E-state index contributed by atoms with van der Waals surface area (Å²) >= 11 is 0. The molecule has 4 nitrogen and oxygen atoms in total. The number of hydrogen-bond donors (Lipinski definition) is 1. The lowest BCUT2D eigenvalue weighted by molar-refractivity contribution is -0.167. The molecule has 2 rings (SSSR count). The Morgan fingerprint density at radius 3 is 2.47 bits per heavy atom. The van der Waals surface area contributed by atoms with Gasteiger partial charge in [-0.3, -0.25) is 9.59 Å². The fraction of sp³-hybridized carbons (Fsp3) is 0.846. The zero-order chi connectivity index (χ0) is 12.6. The van der Waals surface area contributed by atoms with Crippen molar-refractivity contribution >= 4 is 11.9 Å². The molecule has 0 heterocycles. The van der Waals surface area contributed by atoms with Gasteiger partial charge in [-0.1, -0.05) is 6.42 Å². The average Bonchev–Trinajstić information content (AvgIpc) is 2.86. The van der Waals surface area contributed by atoms with Gasteiger partial charge in [0, 0.05) is 0 Å². The Bertz CT molecular complexity index is 334. The van der Waals surface area contributed by atoms with E-state index in [1.54, 1.807) is 0 Å². The number of rotatable bonds is 4. The lowest BCUT2D eigenvalue weighted by Gasteiger charge is -2.23. The third-order valence-corrected chi connectivity index (χ3v) is 4.36. The van der Waals surface area contributed by atoms with Crippen molar-refractivity contribution in [2.24, 2.45) is 23.2 Å². The van der Waals surface area contributed by atoms with Crippen LogP contribution in [-0.4, -0.2) is 23.7 Å². The molecule has 0 aromatic heterocycles. The number of carboxylic acid groups (broad SMARTS) is 1. The fourth-order valence-electron chi connectivity index (χ4n) is 3.03. The summed E-state index contributed by atoms with van der Waals surface area (Å²) in [7, 11) is 0. The predicted molar refractivity (Wildman–Crippen MR) is 61.3 cm³/mol. The summed E-state index contributed by atoms with van der Waals surface area (Å²) in [5, 5.41) is 8.91. The van der Waals surface area contributed by atoms with E-state index in [-0.39, 0.29) is 0 Å². The highest BCUT2D eigenvalue weighted by Crippen LogP contribution is 2.48. The number of carbonyl (C=O) groups is 2. The summed E-state index contributed by atoms with van der Waals surface area (Å²) in [5.74, 6) is 0.224. The molecule has 0 aromatic carbocycles. The van der Waals surface area contributed by atoms with Crippen molar-refractivity contribution in [1.82, 2.24) is 0 Å². The molecule has 3 atom stereocenters. The third-order valence-electron chi connectivity index (χ3n) is 4.36. The summed E-state index contributed by atoms with van der Waals surface area (Å²) in [6.07, 6.45) is 4.97. The van der Waals surface area contributed by atoms with E-state index in [1.165, 1.54) is 33.1 Å². The maximum absolute atomic E-state index is 11.7. The van der Waals surface area contributed by atoms with Gasteiger partial charge in [0.2, 0.25) is 0 Å². The smallest absolute Gasteiger partial charge is 0.322 e. The van der Waals surface area contributed by atoms with Crippen LogP contribution in [0.1, 0.15) is 39.5 Å². The van der Waals surface area contributed by atoms with Gasteiger partial charge >= 0.3 is 11.9 Å². The molecule has 2 aliphatic rings. The van der Waals surface area contributed by atoms with Gasteiger partial charge in [0.05, 0.1) is 6.61 Å². The lowest BCUT2D eigenvalue weighted by atomic mass is 9.89. The zero-order valence-electron chi connectivity index (χ0n) is 10.4. The van der Waals surface area contributed by atoms with E-state index in [0.717, 1.165) is 12.3 Å². The predicted octanol–water partition coefficient (Wildman–Crippen LogP) is 2.08. The molecule has 0 aliphatic heterocycles. The van der Waals surface area contributed by atoms with Crippen LogP contribution in [-0.2, 0) is 14.3 Å². The highest BCUT2D eigenvalue weighted by Gasteiger charge is 2.42. The SMILES string of the molecule is CC(C)(C(=O)O)C(=O)OC[C@H]1CC2CC[C@@H]1C2. The Morgan fingerprint density at radius 1 is 1.29 bits per heavy atom. The number of carbonyl (C=O) groups excluding carboxylic acids is 1. The van der Waals surface area contributed by atoms with Gasteiger partial charge < -0.3 is 9.84 Å². The van der Waals surface area contributed by atoms with Gasteiger partial charge in [-0.2, -0.15) is 0 Å². The van der Waals surface area contributed by atoms with E-state index in [0.29, 0.717) is 18.4 Å². The molecule has 2 bridgehead atoms. The molecule has 2 saturated carbocycles. The molecule has 0 radical (unpaired) electrons. The van der Waals surface area contributed by atoms with Crippen LogP contribution in [0.2, 0.25) is 0 Å². The molecule has 2 aliphatic carbocycles. The van der Waals surface area contributed by atoms with E-state index < -0.39 is 17.4 Å². The van der Waals surface area contributed by atoms with Gasteiger partial charge in [-0.15, -0.1) is 0 Å². The highest BCUT2D eigenvalue weighted by atomic mass is 16.5. The summed E-state index contributed by atoms with van der Waals surface area (Å²) in [6, 6.07) is 0. The Kier molecular flexibility index (Phi) is 3.15. The molecular formula is C13H20O4.